The van der Waals surface area contributed by atoms with Crippen molar-refractivity contribution >= 4 is 11.8 Å². The van der Waals surface area contributed by atoms with Gasteiger partial charge in [-0.15, -0.1) is 0 Å². The molecule has 0 spiro atoms. The van der Waals surface area contributed by atoms with Crippen LogP contribution in [0.1, 0.15) is 30.4 Å². The lowest BCUT2D eigenvalue weighted by Crippen LogP contribution is -2.60. The molecule has 1 saturated heterocycles. The Hall–Kier alpha value is -3.06. The Labute approximate surface area is 189 Å². The van der Waals surface area contributed by atoms with Crippen LogP contribution in [0.25, 0.3) is 11.3 Å². The molecule has 34 heavy (non-hydrogen) atoms. The van der Waals surface area contributed by atoms with Crippen LogP contribution in [0.15, 0.2) is 24.4 Å². The number of carbonyl (C=O) groups is 1. The number of ether oxygens (including phenoxy) is 1. The zero-order chi connectivity index (χ0) is 25.2. The standard InChI is InChI=1S/C21H21F6N3O4/c22-13-5-11(12(18(24)25)6-14(13)23)15-4-10(8-31)16(7-29-15)30-3-1-2-21(9-30,34-20(28)33)17(32)19(26)27/h4-7,17-19,31-32H,1-3,8-9H2,(H2,28,33). The number of amides is 1. The number of alkyl halides is 4. The van der Waals surface area contributed by atoms with Crippen molar-refractivity contribution in [1.82, 2.24) is 4.98 Å². The van der Waals surface area contributed by atoms with Crippen LogP contribution in [-0.4, -0.2) is 52.5 Å². The van der Waals surface area contributed by atoms with E-state index >= 15 is 0 Å². The van der Waals surface area contributed by atoms with E-state index in [1.807, 2.05) is 0 Å². The van der Waals surface area contributed by atoms with Gasteiger partial charge in [0, 0.05) is 23.2 Å². The summed E-state index contributed by atoms with van der Waals surface area (Å²) in [6.07, 6.45) is -8.93. The third-order valence-corrected chi connectivity index (χ3v) is 5.65. The van der Waals surface area contributed by atoms with E-state index in [9.17, 15) is 41.4 Å². The lowest BCUT2D eigenvalue weighted by Gasteiger charge is -2.45. The van der Waals surface area contributed by atoms with Crippen LogP contribution in [0.4, 0.5) is 36.8 Å². The zero-order valence-electron chi connectivity index (χ0n) is 17.5. The lowest BCUT2D eigenvalue weighted by atomic mass is 9.86. The van der Waals surface area contributed by atoms with Crippen LogP contribution in [0.2, 0.25) is 0 Å². The van der Waals surface area contributed by atoms with Crippen molar-refractivity contribution < 1.29 is 46.1 Å². The Morgan fingerprint density at radius 1 is 1.21 bits per heavy atom. The van der Waals surface area contributed by atoms with Crippen LogP contribution in [0, 0.1) is 11.6 Å². The second-order valence-corrected chi connectivity index (χ2v) is 7.80. The fraction of sp³-hybridized carbons (Fsp3) is 0.429. The zero-order valence-corrected chi connectivity index (χ0v) is 17.5. The Morgan fingerprint density at radius 3 is 2.47 bits per heavy atom. The quantitative estimate of drug-likeness (QED) is 0.510. The number of pyridine rings is 1. The van der Waals surface area contributed by atoms with E-state index in [1.165, 1.54) is 11.0 Å². The van der Waals surface area contributed by atoms with Crippen LogP contribution in [0.3, 0.4) is 0 Å². The van der Waals surface area contributed by atoms with E-state index in [4.69, 9.17) is 10.5 Å². The van der Waals surface area contributed by atoms with Crippen molar-refractivity contribution in [1.29, 1.82) is 0 Å². The van der Waals surface area contributed by atoms with Gasteiger partial charge in [-0.25, -0.2) is 31.1 Å². The number of aromatic nitrogens is 1. The topological polar surface area (TPSA) is 109 Å². The molecule has 2 unspecified atom stereocenters. The second-order valence-electron chi connectivity index (χ2n) is 7.80. The van der Waals surface area contributed by atoms with Crippen molar-refractivity contribution in [3.05, 3.63) is 47.2 Å². The highest BCUT2D eigenvalue weighted by Crippen LogP contribution is 2.37. The van der Waals surface area contributed by atoms with Crippen molar-refractivity contribution in [2.45, 2.75) is 44.0 Å². The van der Waals surface area contributed by atoms with Gasteiger partial charge in [-0.3, -0.25) is 4.98 Å². The first kappa shape index (κ1) is 25.6. The van der Waals surface area contributed by atoms with E-state index in [1.54, 1.807) is 0 Å². The fourth-order valence-corrected chi connectivity index (χ4v) is 4.08. The van der Waals surface area contributed by atoms with Crippen LogP contribution in [0.5, 0.6) is 0 Å². The molecule has 2 atom stereocenters. The van der Waals surface area contributed by atoms with E-state index in [0.29, 0.717) is 12.1 Å². The van der Waals surface area contributed by atoms with E-state index in [-0.39, 0.29) is 36.3 Å². The molecule has 2 heterocycles. The number of hydrogen-bond donors (Lipinski definition) is 3. The summed E-state index contributed by atoms with van der Waals surface area (Å²) in [5.41, 5.74) is 1.85. The molecule has 1 aromatic heterocycles. The van der Waals surface area contributed by atoms with Crippen molar-refractivity contribution in [3.8, 4) is 11.3 Å². The normalized spacial score (nSPS) is 19.5. The molecule has 4 N–H and O–H groups in total. The molecular formula is C21H21F6N3O4. The summed E-state index contributed by atoms with van der Waals surface area (Å²) < 4.78 is 85.6. The van der Waals surface area contributed by atoms with Crippen LogP contribution in [-0.2, 0) is 11.3 Å². The number of aliphatic hydroxyl groups excluding tert-OH is 2. The average Bonchev–Trinajstić information content (AvgIpc) is 2.79. The summed E-state index contributed by atoms with van der Waals surface area (Å²) in [7, 11) is 0. The molecule has 1 aliphatic rings. The van der Waals surface area contributed by atoms with E-state index in [2.05, 4.69) is 4.98 Å². The van der Waals surface area contributed by atoms with Crippen LogP contribution < -0.4 is 10.6 Å². The predicted octanol–water partition coefficient (Wildman–Crippen LogP) is 3.52. The number of hydrogen-bond acceptors (Lipinski definition) is 6. The highest BCUT2D eigenvalue weighted by Gasteiger charge is 2.49. The smallest absolute Gasteiger partial charge is 0.405 e. The molecule has 186 valence electrons. The summed E-state index contributed by atoms with van der Waals surface area (Å²) in [4.78, 5) is 16.8. The van der Waals surface area contributed by atoms with Gasteiger partial charge in [0.15, 0.2) is 23.3 Å². The molecule has 1 aromatic carbocycles. The number of carbonyl (C=O) groups excluding carboxylic acids is 1. The molecule has 1 fully saturated rings. The highest BCUT2D eigenvalue weighted by atomic mass is 19.3. The molecule has 13 heteroatoms. The largest absolute Gasteiger partial charge is 0.438 e. The molecule has 1 aliphatic heterocycles. The van der Waals surface area contributed by atoms with Crippen molar-refractivity contribution in [2.75, 3.05) is 18.0 Å². The van der Waals surface area contributed by atoms with Gasteiger partial charge >= 0.3 is 6.09 Å². The van der Waals surface area contributed by atoms with Gasteiger partial charge in [0.05, 0.1) is 30.7 Å². The van der Waals surface area contributed by atoms with E-state index in [0.717, 1.165) is 6.20 Å². The van der Waals surface area contributed by atoms with Gasteiger partial charge in [-0.2, -0.15) is 0 Å². The van der Waals surface area contributed by atoms with Crippen molar-refractivity contribution in [3.63, 3.8) is 0 Å². The molecule has 0 bridgehead atoms. The molecular weight excluding hydrogens is 472 g/mol. The lowest BCUT2D eigenvalue weighted by molar-refractivity contribution is -0.141. The molecule has 0 aliphatic carbocycles. The average molecular weight is 493 g/mol. The van der Waals surface area contributed by atoms with Gasteiger partial charge < -0.3 is 25.6 Å². The Kier molecular flexibility index (Phi) is 7.56. The maximum atomic E-state index is 13.7. The van der Waals surface area contributed by atoms with Crippen molar-refractivity contribution in [2.24, 2.45) is 5.73 Å². The number of primary amides is 1. The van der Waals surface area contributed by atoms with Gasteiger partial charge in [0.25, 0.3) is 12.9 Å². The summed E-state index contributed by atoms with van der Waals surface area (Å²) >= 11 is 0. The number of aliphatic hydroxyl groups is 2. The van der Waals surface area contributed by atoms with Gasteiger partial charge in [-0.1, -0.05) is 0 Å². The minimum atomic E-state index is -3.25. The Bertz CT molecular complexity index is 1060. The number of nitrogens with two attached hydrogens (primary N) is 1. The predicted molar refractivity (Wildman–Crippen MR) is 107 cm³/mol. The second kappa shape index (κ2) is 10.1. The maximum Gasteiger partial charge on any atom is 0.405 e. The number of nitrogens with zero attached hydrogens (tertiary/aromatic N) is 2. The van der Waals surface area contributed by atoms with Gasteiger partial charge in [-0.05, 0) is 31.0 Å². The summed E-state index contributed by atoms with van der Waals surface area (Å²) in [5.74, 6) is -2.84. The van der Waals surface area contributed by atoms with Gasteiger partial charge in [0.2, 0.25) is 0 Å². The molecule has 0 radical (unpaired) electrons. The molecule has 7 nitrogen and oxygen atoms in total. The minimum Gasteiger partial charge on any atom is -0.438 e. The molecule has 3 rings (SSSR count). The highest BCUT2D eigenvalue weighted by molar-refractivity contribution is 5.68. The first-order chi connectivity index (χ1) is 16.0. The number of benzene rings is 1. The maximum absolute atomic E-state index is 13.7. The first-order valence-electron chi connectivity index (χ1n) is 10.1. The van der Waals surface area contributed by atoms with Crippen LogP contribution >= 0.6 is 0 Å². The fourth-order valence-electron chi connectivity index (χ4n) is 4.08. The van der Waals surface area contributed by atoms with E-state index < -0.39 is 66.6 Å². The number of piperidine rings is 1. The SMILES string of the molecule is NC(=O)OC1(C(O)C(F)F)CCCN(c2cnc(-c3cc(F)c(F)cc3C(F)F)cc2CO)C1. The third-order valence-electron chi connectivity index (χ3n) is 5.65. The molecule has 0 saturated carbocycles. The Morgan fingerprint density at radius 2 is 1.88 bits per heavy atom. The number of halogens is 6. The number of anilines is 1. The summed E-state index contributed by atoms with van der Waals surface area (Å²) in [5, 5.41) is 19.9. The molecule has 2 aromatic rings. The molecule has 1 amide bonds. The summed E-state index contributed by atoms with van der Waals surface area (Å²) in [6.45, 7) is -0.861. The number of rotatable bonds is 7. The Balaban J connectivity index is 2.02. The monoisotopic (exact) mass is 493 g/mol. The van der Waals surface area contributed by atoms with Gasteiger partial charge in [0.1, 0.15) is 0 Å². The minimum absolute atomic E-state index is 0.0939. The first-order valence-corrected chi connectivity index (χ1v) is 10.1. The summed E-state index contributed by atoms with van der Waals surface area (Å²) in [6, 6.07) is 2.09. The third kappa shape index (κ3) is 5.04.